The molecule has 0 spiro atoms. The van der Waals surface area contributed by atoms with Crippen molar-refractivity contribution in [3.05, 3.63) is 17.6 Å². The number of aryl methyl sites for hydroxylation is 1. The molecule has 2 aromatic rings. The maximum atomic E-state index is 13.0. The summed E-state index contributed by atoms with van der Waals surface area (Å²) < 4.78 is 44.8. The van der Waals surface area contributed by atoms with E-state index in [1.54, 1.807) is 13.0 Å². The minimum absolute atomic E-state index is 0.0665. The van der Waals surface area contributed by atoms with Gasteiger partial charge in [-0.25, -0.2) is 9.97 Å². The topological polar surface area (TPSA) is 54.0 Å². The van der Waals surface area contributed by atoms with Gasteiger partial charge in [-0.05, 0) is 26.8 Å². The summed E-state index contributed by atoms with van der Waals surface area (Å²) in [5, 5.41) is 0.604. The van der Waals surface area contributed by atoms with Crippen molar-refractivity contribution < 1.29 is 17.9 Å². The molecule has 1 N–H and O–H groups in total. The number of morpholine rings is 1. The normalized spacial score (nSPS) is 23.3. The second kappa shape index (κ2) is 5.12. The summed E-state index contributed by atoms with van der Waals surface area (Å²) in [6.45, 7) is 6.57. The van der Waals surface area contributed by atoms with Crippen LogP contribution in [0.25, 0.3) is 11.0 Å². The Hall–Kier alpha value is -1.83. The molecular weight excluding hydrogens is 297 g/mol. The van der Waals surface area contributed by atoms with Crippen molar-refractivity contribution in [2.24, 2.45) is 0 Å². The van der Waals surface area contributed by atoms with Crippen molar-refractivity contribution in [3.63, 3.8) is 0 Å². The Kier molecular flexibility index (Phi) is 3.51. The number of alkyl halides is 3. The molecule has 2 unspecified atom stereocenters. The first-order chi connectivity index (χ1) is 10.2. The summed E-state index contributed by atoms with van der Waals surface area (Å²) in [6, 6.07) is 1.77. The van der Waals surface area contributed by atoms with Crippen molar-refractivity contribution in [2.45, 2.75) is 39.2 Å². The van der Waals surface area contributed by atoms with Crippen LogP contribution in [0.5, 0.6) is 0 Å². The molecule has 2 atom stereocenters. The lowest BCUT2D eigenvalue weighted by Gasteiger charge is -2.36. The van der Waals surface area contributed by atoms with E-state index in [-0.39, 0.29) is 17.9 Å². The SMILES string of the molecule is Cc1cc2c(N3CC(C)OC(C)C3)nc(C(F)(F)F)nc2[nH]1. The zero-order chi connectivity index (χ0) is 16.1. The monoisotopic (exact) mass is 314 g/mol. The molecule has 1 aliphatic heterocycles. The summed E-state index contributed by atoms with van der Waals surface area (Å²) in [6.07, 6.45) is -4.71. The number of aromatic nitrogens is 3. The van der Waals surface area contributed by atoms with Gasteiger partial charge in [0.15, 0.2) is 0 Å². The number of ether oxygens (including phenoxy) is 1. The van der Waals surface area contributed by atoms with Crippen molar-refractivity contribution in [2.75, 3.05) is 18.0 Å². The molecule has 120 valence electrons. The molecule has 3 heterocycles. The Morgan fingerprint density at radius 1 is 1.23 bits per heavy atom. The first-order valence-corrected chi connectivity index (χ1v) is 7.09. The predicted molar refractivity (Wildman–Crippen MR) is 75.8 cm³/mol. The number of rotatable bonds is 1. The third-order valence-corrected chi connectivity index (χ3v) is 3.57. The van der Waals surface area contributed by atoms with Gasteiger partial charge >= 0.3 is 6.18 Å². The van der Waals surface area contributed by atoms with Gasteiger partial charge in [0.1, 0.15) is 11.5 Å². The second-order valence-electron chi connectivity index (χ2n) is 5.75. The average Bonchev–Trinajstić information content (AvgIpc) is 2.75. The maximum absolute atomic E-state index is 13.0. The zero-order valence-electron chi connectivity index (χ0n) is 12.5. The van der Waals surface area contributed by atoms with Gasteiger partial charge in [-0.15, -0.1) is 0 Å². The molecular formula is C14H17F3N4O. The second-order valence-corrected chi connectivity index (χ2v) is 5.75. The average molecular weight is 314 g/mol. The Bertz CT molecular complexity index is 687. The molecule has 0 amide bonds. The lowest BCUT2D eigenvalue weighted by atomic mass is 10.2. The first-order valence-electron chi connectivity index (χ1n) is 7.09. The molecule has 3 rings (SSSR count). The summed E-state index contributed by atoms with van der Waals surface area (Å²) in [7, 11) is 0. The predicted octanol–water partition coefficient (Wildman–Crippen LogP) is 2.90. The van der Waals surface area contributed by atoms with Gasteiger partial charge in [0.05, 0.1) is 17.6 Å². The first kappa shape index (κ1) is 15.1. The van der Waals surface area contributed by atoms with Crippen molar-refractivity contribution in [1.82, 2.24) is 15.0 Å². The van der Waals surface area contributed by atoms with E-state index in [1.807, 2.05) is 18.7 Å². The highest BCUT2D eigenvalue weighted by Crippen LogP contribution is 2.33. The van der Waals surface area contributed by atoms with E-state index in [4.69, 9.17) is 4.74 Å². The van der Waals surface area contributed by atoms with Crippen LogP contribution in [0.15, 0.2) is 6.07 Å². The fraction of sp³-hybridized carbons (Fsp3) is 0.571. The number of anilines is 1. The minimum Gasteiger partial charge on any atom is -0.372 e. The Labute approximate surface area is 125 Å². The lowest BCUT2D eigenvalue weighted by molar-refractivity contribution is -0.144. The fourth-order valence-corrected chi connectivity index (χ4v) is 2.84. The minimum atomic E-state index is -4.58. The number of halogens is 3. The smallest absolute Gasteiger partial charge is 0.372 e. The highest BCUT2D eigenvalue weighted by atomic mass is 19.4. The molecule has 22 heavy (non-hydrogen) atoms. The quantitative estimate of drug-likeness (QED) is 0.879. The third kappa shape index (κ3) is 2.75. The van der Waals surface area contributed by atoms with Gasteiger partial charge in [0.2, 0.25) is 5.82 Å². The molecule has 5 nitrogen and oxygen atoms in total. The van der Waals surface area contributed by atoms with Gasteiger partial charge in [-0.3, -0.25) is 0 Å². The van der Waals surface area contributed by atoms with E-state index in [1.165, 1.54) is 0 Å². The lowest BCUT2D eigenvalue weighted by Crippen LogP contribution is -2.46. The summed E-state index contributed by atoms with van der Waals surface area (Å²) >= 11 is 0. The molecule has 2 aromatic heterocycles. The largest absolute Gasteiger partial charge is 0.451 e. The maximum Gasteiger partial charge on any atom is 0.451 e. The van der Waals surface area contributed by atoms with Crippen LogP contribution in [0, 0.1) is 6.92 Å². The summed E-state index contributed by atoms with van der Waals surface area (Å²) in [5.74, 6) is -0.813. The van der Waals surface area contributed by atoms with Gasteiger partial charge in [-0.2, -0.15) is 13.2 Å². The molecule has 1 aliphatic rings. The van der Waals surface area contributed by atoms with Crippen LogP contribution in [-0.2, 0) is 10.9 Å². The molecule has 0 bridgehead atoms. The van der Waals surface area contributed by atoms with E-state index in [0.717, 1.165) is 5.69 Å². The van der Waals surface area contributed by atoms with E-state index in [0.29, 0.717) is 24.3 Å². The van der Waals surface area contributed by atoms with E-state index < -0.39 is 12.0 Å². The Morgan fingerprint density at radius 2 is 1.86 bits per heavy atom. The highest BCUT2D eigenvalue weighted by Gasteiger charge is 2.37. The van der Waals surface area contributed by atoms with Crippen LogP contribution >= 0.6 is 0 Å². The van der Waals surface area contributed by atoms with Gasteiger partial charge in [0.25, 0.3) is 0 Å². The number of nitrogens with zero attached hydrogens (tertiary/aromatic N) is 3. The summed E-state index contributed by atoms with van der Waals surface area (Å²) in [5.41, 5.74) is 0.959. The standard InChI is InChI=1S/C14H17F3N4O/c1-7-4-10-11(18-7)19-13(14(15,16)17)20-12(10)21-5-8(2)22-9(3)6-21/h4,8-9H,5-6H2,1-3H3,(H,18,19,20). The van der Waals surface area contributed by atoms with Crippen LogP contribution < -0.4 is 4.90 Å². The molecule has 0 saturated carbocycles. The molecule has 0 aliphatic carbocycles. The van der Waals surface area contributed by atoms with Crippen LogP contribution in [0.3, 0.4) is 0 Å². The Balaban J connectivity index is 2.14. The van der Waals surface area contributed by atoms with Crippen LogP contribution in [-0.4, -0.2) is 40.2 Å². The van der Waals surface area contributed by atoms with Crippen LogP contribution in [0.2, 0.25) is 0 Å². The van der Waals surface area contributed by atoms with Crippen LogP contribution in [0.4, 0.5) is 19.0 Å². The summed E-state index contributed by atoms with van der Waals surface area (Å²) in [4.78, 5) is 12.1. The fourth-order valence-electron chi connectivity index (χ4n) is 2.84. The zero-order valence-corrected chi connectivity index (χ0v) is 12.5. The molecule has 1 saturated heterocycles. The van der Waals surface area contributed by atoms with Crippen LogP contribution in [0.1, 0.15) is 25.4 Å². The van der Waals surface area contributed by atoms with Crippen molar-refractivity contribution in [3.8, 4) is 0 Å². The molecule has 1 fully saturated rings. The molecule has 8 heteroatoms. The molecule has 0 radical (unpaired) electrons. The van der Waals surface area contributed by atoms with E-state index >= 15 is 0 Å². The number of aromatic amines is 1. The van der Waals surface area contributed by atoms with E-state index in [9.17, 15) is 13.2 Å². The third-order valence-electron chi connectivity index (χ3n) is 3.57. The molecule has 0 aromatic carbocycles. The van der Waals surface area contributed by atoms with Gasteiger partial charge in [0, 0.05) is 18.8 Å². The van der Waals surface area contributed by atoms with Crippen molar-refractivity contribution in [1.29, 1.82) is 0 Å². The number of fused-ring (bicyclic) bond motifs is 1. The van der Waals surface area contributed by atoms with Gasteiger partial charge < -0.3 is 14.6 Å². The van der Waals surface area contributed by atoms with E-state index in [2.05, 4.69) is 15.0 Å². The Morgan fingerprint density at radius 3 is 2.45 bits per heavy atom. The van der Waals surface area contributed by atoms with Gasteiger partial charge in [-0.1, -0.05) is 0 Å². The highest BCUT2D eigenvalue weighted by molar-refractivity contribution is 5.88. The number of nitrogens with one attached hydrogen (secondary N) is 1. The van der Waals surface area contributed by atoms with Crippen molar-refractivity contribution >= 4 is 16.9 Å². The number of hydrogen-bond donors (Lipinski definition) is 1. The number of H-pyrrole nitrogens is 1. The number of hydrogen-bond acceptors (Lipinski definition) is 4.